The van der Waals surface area contributed by atoms with Crippen LogP contribution < -0.4 is 0 Å². The summed E-state index contributed by atoms with van der Waals surface area (Å²) in [6.07, 6.45) is 1.85. The highest BCUT2D eigenvalue weighted by molar-refractivity contribution is 5.98. The number of aryl methyl sites for hydroxylation is 1. The summed E-state index contributed by atoms with van der Waals surface area (Å²) in [5.41, 5.74) is 2.91. The number of carbonyl (C=O) groups is 1. The van der Waals surface area contributed by atoms with Crippen LogP contribution in [0.1, 0.15) is 40.4 Å². The molecule has 128 valence electrons. The fourth-order valence-corrected chi connectivity index (χ4v) is 3.68. The van der Waals surface area contributed by atoms with Crippen molar-refractivity contribution in [2.45, 2.75) is 25.7 Å². The molecule has 1 N–H and O–H groups in total. The van der Waals surface area contributed by atoms with Crippen molar-refractivity contribution < 1.29 is 14.3 Å². The van der Waals surface area contributed by atoms with E-state index in [1.54, 1.807) is 12.1 Å². The lowest BCUT2D eigenvalue weighted by atomic mass is 9.89. The Labute approximate surface area is 146 Å². The van der Waals surface area contributed by atoms with Crippen LogP contribution >= 0.6 is 0 Å². The van der Waals surface area contributed by atoms with Crippen molar-refractivity contribution in [3.8, 4) is 5.75 Å². The molecule has 0 unspecified atom stereocenters. The zero-order chi connectivity index (χ0) is 17.4. The van der Waals surface area contributed by atoms with Crippen LogP contribution in [0, 0.1) is 6.92 Å². The number of likely N-dealkylation sites (tertiary alicyclic amines) is 1. The third-order valence-corrected chi connectivity index (χ3v) is 5.18. The molecule has 3 aromatic rings. The molecule has 1 aliphatic heterocycles. The number of benzene rings is 2. The van der Waals surface area contributed by atoms with Crippen molar-refractivity contribution in [3.63, 3.8) is 0 Å². The standard InChI is InChI=1S/C21H21NO3/c1-14-18-4-2-3-5-19(18)25-20(14)21(24)22-12-10-16(11-13-22)15-6-8-17(23)9-7-15/h2-9,16,23H,10-13H2,1H3. The molecule has 0 bridgehead atoms. The number of hydrogen-bond acceptors (Lipinski definition) is 3. The molecule has 4 heteroatoms. The summed E-state index contributed by atoms with van der Waals surface area (Å²) >= 11 is 0. The first kappa shape index (κ1) is 15.8. The minimum Gasteiger partial charge on any atom is -0.508 e. The Morgan fingerprint density at radius 1 is 1.08 bits per heavy atom. The van der Waals surface area contributed by atoms with Crippen LogP contribution in [-0.4, -0.2) is 29.0 Å². The van der Waals surface area contributed by atoms with E-state index in [0.717, 1.165) is 42.5 Å². The number of nitrogens with zero attached hydrogens (tertiary/aromatic N) is 1. The number of amides is 1. The minimum absolute atomic E-state index is 0.0159. The molecule has 25 heavy (non-hydrogen) atoms. The van der Waals surface area contributed by atoms with E-state index < -0.39 is 0 Å². The van der Waals surface area contributed by atoms with E-state index in [1.165, 1.54) is 5.56 Å². The van der Waals surface area contributed by atoms with Gasteiger partial charge in [0, 0.05) is 24.0 Å². The second-order valence-corrected chi connectivity index (χ2v) is 6.71. The van der Waals surface area contributed by atoms with Gasteiger partial charge in [-0.1, -0.05) is 30.3 Å². The summed E-state index contributed by atoms with van der Waals surface area (Å²) in [6, 6.07) is 15.2. The summed E-state index contributed by atoms with van der Waals surface area (Å²) in [7, 11) is 0. The molecule has 0 aliphatic carbocycles. The highest BCUT2D eigenvalue weighted by atomic mass is 16.3. The number of furan rings is 1. The van der Waals surface area contributed by atoms with Gasteiger partial charge < -0.3 is 14.4 Å². The molecule has 4 rings (SSSR count). The smallest absolute Gasteiger partial charge is 0.289 e. The van der Waals surface area contributed by atoms with Crippen molar-refractivity contribution in [1.29, 1.82) is 0 Å². The predicted octanol–water partition coefficient (Wildman–Crippen LogP) is 4.47. The number of phenolic OH excluding ortho intramolecular Hbond substituents is 1. The van der Waals surface area contributed by atoms with Gasteiger partial charge in [0.25, 0.3) is 5.91 Å². The quantitative estimate of drug-likeness (QED) is 0.752. The van der Waals surface area contributed by atoms with E-state index in [0.29, 0.717) is 11.7 Å². The van der Waals surface area contributed by atoms with Gasteiger partial charge in [0.1, 0.15) is 11.3 Å². The molecule has 0 spiro atoms. The van der Waals surface area contributed by atoms with E-state index in [2.05, 4.69) is 0 Å². The van der Waals surface area contributed by atoms with E-state index in [-0.39, 0.29) is 11.7 Å². The fourth-order valence-electron chi connectivity index (χ4n) is 3.68. The van der Waals surface area contributed by atoms with Gasteiger partial charge in [0.15, 0.2) is 5.76 Å². The number of para-hydroxylation sites is 1. The average molecular weight is 335 g/mol. The van der Waals surface area contributed by atoms with Crippen LogP contribution in [0.3, 0.4) is 0 Å². The average Bonchev–Trinajstić information content (AvgIpc) is 2.99. The number of phenols is 1. The van der Waals surface area contributed by atoms with E-state index in [4.69, 9.17) is 4.42 Å². The van der Waals surface area contributed by atoms with Crippen LogP contribution in [-0.2, 0) is 0 Å². The third-order valence-electron chi connectivity index (χ3n) is 5.18. The number of rotatable bonds is 2. The lowest BCUT2D eigenvalue weighted by Gasteiger charge is -2.31. The fraction of sp³-hybridized carbons (Fsp3) is 0.286. The maximum Gasteiger partial charge on any atom is 0.289 e. The Balaban J connectivity index is 1.49. The number of hydrogen-bond donors (Lipinski definition) is 1. The van der Waals surface area contributed by atoms with Crippen molar-refractivity contribution in [1.82, 2.24) is 4.90 Å². The Kier molecular flexibility index (Phi) is 3.96. The van der Waals surface area contributed by atoms with Crippen molar-refractivity contribution in [2.24, 2.45) is 0 Å². The Morgan fingerprint density at radius 2 is 1.76 bits per heavy atom. The number of carbonyl (C=O) groups excluding carboxylic acids is 1. The molecule has 1 aromatic heterocycles. The molecular weight excluding hydrogens is 314 g/mol. The minimum atomic E-state index is -0.0159. The SMILES string of the molecule is Cc1c(C(=O)N2CCC(c3ccc(O)cc3)CC2)oc2ccccc12. The van der Waals surface area contributed by atoms with Gasteiger partial charge in [-0.3, -0.25) is 4.79 Å². The van der Waals surface area contributed by atoms with Crippen LogP contribution in [0.5, 0.6) is 5.75 Å². The Bertz CT molecular complexity index is 903. The maximum atomic E-state index is 12.9. The largest absolute Gasteiger partial charge is 0.508 e. The van der Waals surface area contributed by atoms with Gasteiger partial charge in [-0.15, -0.1) is 0 Å². The third kappa shape index (κ3) is 2.88. The molecule has 1 saturated heterocycles. The lowest BCUT2D eigenvalue weighted by Crippen LogP contribution is -2.38. The van der Waals surface area contributed by atoms with Crippen molar-refractivity contribution >= 4 is 16.9 Å². The first-order valence-electron chi connectivity index (χ1n) is 8.70. The van der Waals surface area contributed by atoms with Crippen LogP contribution in [0.4, 0.5) is 0 Å². The van der Waals surface area contributed by atoms with Crippen molar-refractivity contribution in [3.05, 3.63) is 65.4 Å². The van der Waals surface area contributed by atoms with Gasteiger partial charge in [0.2, 0.25) is 0 Å². The molecule has 0 atom stereocenters. The zero-order valence-corrected chi connectivity index (χ0v) is 14.2. The summed E-state index contributed by atoms with van der Waals surface area (Å²) in [6.45, 7) is 3.39. The van der Waals surface area contributed by atoms with Crippen LogP contribution in [0.25, 0.3) is 11.0 Å². The van der Waals surface area contributed by atoms with Gasteiger partial charge in [-0.2, -0.15) is 0 Å². The first-order chi connectivity index (χ1) is 12.1. The van der Waals surface area contributed by atoms with E-state index in [9.17, 15) is 9.90 Å². The van der Waals surface area contributed by atoms with E-state index in [1.807, 2.05) is 48.2 Å². The summed E-state index contributed by atoms with van der Waals surface area (Å²) < 4.78 is 5.82. The van der Waals surface area contributed by atoms with Gasteiger partial charge in [-0.05, 0) is 49.4 Å². The Hall–Kier alpha value is -2.75. The molecule has 1 fully saturated rings. The molecule has 1 amide bonds. The highest BCUT2D eigenvalue weighted by Gasteiger charge is 2.28. The second kappa shape index (κ2) is 6.28. The summed E-state index contributed by atoms with van der Waals surface area (Å²) in [5.74, 6) is 1.17. The zero-order valence-electron chi connectivity index (χ0n) is 14.2. The normalized spacial score (nSPS) is 15.6. The topological polar surface area (TPSA) is 53.7 Å². The monoisotopic (exact) mass is 335 g/mol. The van der Waals surface area contributed by atoms with Gasteiger partial charge in [-0.25, -0.2) is 0 Å². The molecule has 0 radical (unpaired) electrons. The number of fused-ring (bicyclic) bond motifs is 1. The summed E-state index contributed by atoms with van der Waals surface area (Å²) in [5, 5.41) is 10.4. The molecule has 2 heterocycles. The summed E-state index contributed by atoms with van der Waals surface area (Å²) in [4.78, 5) is 14.8. The molecule has 4 nitrogen and oxygen atoms in total. The van der Waals surface area contributed by atoms with Crippen molar-refractivity contribution in [2.75, 3.05) is 13.1 Å². The molecule has 0 saturated carbocycles. The first-order valence-corrected chi connectivity index (χ1v) is 8.70. The molecule has 2 aromatic carbocycles. The molecular formula is C21H21NO3. The maximum absolute atomic E-state index is 12.9. The van der Waals surface area contributed by atoms with Crippen LogP contribution in [0.15, 0.2) is 52.9 Å². The Morgan fingerprint density at radius 3 is 2.44 bits per heavy atom. The number of piperidine rings is 1. The van der Waals surface area contributed by atoms with Gasteiger partial charge in [0.05, 0.1) is 0 Å². The second-order valence-electron chi connectivity index (χ2n) is 6.71. The lowest BCUT2D eigenvalue weighted by molar-refractivity contribution is 0.0682. The highest BCUT2D eigenvalue weighted by Crippen LogP contribution is 2.31. The predicted molar refractivity (Wildman–Crippen MR) is 96.9 cm³/mol. The number of aromatic hydroxyl groups is 1. The van der Waals surface area contributed by atoms with E-state index >= 15 is 0 Å². The van der Waals surface area contributed by atoms with Crippen LogP contribution in [0.2, 0.25) is 0 Å². The molecule has 1 aliphatic rings. The van der Waals surface area contributed by atoms with Gasteiger partial charge >= 0.3 is 0 Å².